The maximum atomic E-state index is 12.0. The summed E-state index contributed by atoms with van der Waals surface area (Å²) in [6.07, 6.45) is 4.78. The largest absolute Gasteiger partial charge is 0.489 e. The number of alkyl carbamates (subject to hydrolysis) is 1. The monoisotopic (exact) mass is 421 g/mol. The van der Waals surface area contributed by atoms with E-state index in [1.54, 1.807) is 19.3 Å². The summed E-state index contributed by atoms with van der Waals surface area (Å²) in [4.78, 5) is 28.2. The molecule has 0 aromatic carbocycles. The zero-order valence-electron chi connectivity index (χ0n) is 17.3. The lowest BCUT2D eigenvalue weighted by molar-refractivity contribution is 0.0483. The first-order valence-corrected chi connectivity index (χ1v) is 10.3. The zero-order chi connectivity index (χ0) is 21.2. The molecule has 1 aliphatic carbocycles. The first kappa shape index (κ1) is 21.4. The van der Waals surface area contributed by atoms with Crippen LogP contribution < -0.4 is 15.6 Å². The molecule has 1 fully saturated rings. The summed E-state index contributed by atoms with van der Waals surface area (Å²) >= 11 is 6.31. The van der Waals surface area contributed by atoms with Crippen molar-refractivity contribution in [2.24, 2.45) is 13.0 Å². The Morgan fingerprint density at radius 3 is 2.62 bits per heavy atom. The predicted molar refractivity (Wildman–Crippen MR) is 113 cm³/mol. The second kappa shape index (κ2) is 8.61. The van der Waals surface area contributed by atoms with Crippen LogP contribution in [0.2, 0.25) is 5.02 Å². The Hall–Kier alpha value is -2.28. The molecule has 1 aliphatic rings. The maximum Gasteiger partial charge on any atom is 0.407 e. The normalized spacial score (nSPS) is 19.8. The van der Waals surface area contributed by atoms with Crippen LogP contribution in [0.5, 0.6) is 5.75 Å². The predicted octanol–water partition coefficient (Wildman–Crippen LogP) is 4.05. The minimum atomic E-state index is -0.498. The van der Waals surface area contributed by atoms with E-state index in [9.17, 15) is 9.59 Å². The van der Waals surface area contributed by atoms with Crippen LogP contribution >= 0.6 is 11.6 Å². The number of nitrogens with one attached hydrogen (secondary N) is 1. The van der Waals surface area contributed by atoms with E-state index in [1.165, 1.54) is 10.6 Å². The molecule has 2 aromatic rings. The van der Waals surface area contributed by atoms with Crippen molar-refractivity contribution in [1.29, 1.82) is 0 Å². The number of hydrogen-bond donors (Lipinski definition) is 1. The van der Waals surface area contributed by atoms with E-state index in [4.69, 9.17) is 21.1 Å². The number of carbonyl (C=O) groups is 1. The number of carbonyl (C=O) groups excluding carboxylic acids is 1. The van der Waals surface area contributed by atoms with Gasteiger partial charge in [0.25, 0.3) is 5.56 Å². The van der Waals surface area contributed by atoms with E-state index in [1.807, 2.05) is 20.8 Å². The van der Waals surface area contributed by atoms with Gasteiger partial charge in [-0.15, -0.1) is 0 Å². The lowest BCUT2D eigenvalue weighted by atomic mass is 9.86. The summed E-state index contributed by atoms with van der Waals surface area (Å²) in [6, 6.07) is 3.27. The molecule has 0 unspecified atom stereocenters. The van der Waals surface area contributed by atoms with Crippen molar-refractivity contribution in [2.75, 3.05) is 6.61 Å². The van der Waals surface area contributed by atoms with Gasteiger partial charge < -0.3 is 19.4 Å². The van der Waals surface area contributed by atoms with Gasteiger partial charge in [-0.1, -0.05) is 11.6 Å². The van der Waals surface area contributed by atoms with Gasteiger partial charge in [0, 0.05) is 19.2 Å². The molecule has 2 heterocycles. The highest BCUT2D eigenvalue weighted by Crippen LogP contribution is 2.33. The lowest BCUT2D eigenvalue weighted by Crippen LogP contribution is -2.41. The molecular formula is C21H28ClN3O4. The number of amides is 1. The molecule has 2 aromatic heterocycles. The van der Waals surface area contributed by atoms with E-state index in [-0.39, 0.29) is 17.7 Å². The lowest BCUT2D eigenvalue weighted by Gasteiger charge is -2.30. The van der Waals surface area contributed by atoms with Gasteiger partial charge in [0.15, 0.2) is 5.75 Å². The molecule has 0 bridgehead atoms. The number of rotatable bonds is 4. The molecule has 29 heavy (non-hydrogen) atoms. The Kier molecular flexibility index (Phi) is 6.36. The number of nitrogens with zero attached hydrogens (tertiary/aromatic N) is 2. The number of fused-ring (bicyclic) bond motifs is 1. The molecule has 0 radical (unpaired) electrons. The van der Waals surface area contributed by atoms with E-state index in [0.29, 0.717) is 34.3 Å². The quantitative estimate of drug-likeness (QED) is 0.805. The molecule has 8 heteroatoms. The summed E-state index contributed by atoms with van der Waals surface area (Å²) in [5, 5.41) is 3.34. The van der Waals surface area contributed by atoms with Crippen molar-refractivity contribution in [2.45, 2.75) is 58.1 Å². The molecular weight excluding hydrogens is 394 g/mol. The van der Waals surface area contributed by atoms with Gasteiger partial charge in [0.05, 0.1) is 18.3 Å². The Morgan fingerprint density at radius 2 is 1.97 bits per heavy atom. The average molecular weight is 422 g/mol. The van der Waals surface area contributed by atoms with Crippen molar-refractivity contribution in [3.8, 4) is 5.75 Å². The van der Waals surface area contributed by atoms with Crippen LogP contribution in [-0.2, 0) is 11.8 Å². The molecule has 3 rings (SSSR count). The van der Waals surface area contributed by atoms with Crippen molar-refractivity contribution in [1.82, 2.24) is 14.9 Å². The molecule has 0 aliphatic heterocycles. The summed E-state index contributed by atoms with van der Waals surface area (Å²) in [5.74, 6) is 0.845. The molecule has 158 valence electrons. The number of aryl methyl sites for hydroxylation is 1. The molecule has 1 saturated carbocycles. The van der Waals surface area contributed by atoms with Crippen LogP contribution in [0.4, 0.5) is 4.79 Å². The van der Waals surface area contributed by atoms with Crippen LogP contribution in [0.1, 0.15) is 46.5 Å². The SMILES string of the molecule is Cn1c(=O)ccc2ncc(Cl)c(OCC3CCC(NC(=O)OC(C)(C)C)CC3)c21. The Labute approximate surface area is 175 Å². The number of pyridine rings is 2. The highest BCUT2D eigenvalue weighted by Gasteiger charge is 2.25. The van der Waals surface area contributed by atoms with Crippen molar-refractivity contribution < 1.29 is 14.3 Å². The summed E-state index contributed by atoms with van der Waals surface area (Å²) in [6.45, 7) is 6.06. The van der Waals surface area contributed by atoms with Crippen molar-refractivity contribution in [3.05, 3.63) is 33.7 Å². The summed E-state index contributed by atoms with van der Waals surface area (Å²) in [5.41, 5.74) is 0.629. The third-order valence-electron chi connectivity index (χ3n) is 5.07. The molecule has 0 spiro atoms. The summed E-state index contributed by atoms with van der Waals surface area (Å²) in [7, 11) is 1.68. The first-order chi connectivity index (χ1) is 13.6. The highest BCUT2D eigenvalue weighted by atomic mass is 35.5. The van der Waals surface area contributed by atoms with Crippen LogP contribution in [-0.4, -0.2) is 33.9 Å². The van der Waals surface area contributed by atoms with Gasteiger partial charge in [-0.25, -0.2) is 4.79 Å². The molecule has 0 atom stereocenters. The van der Waals surface area contributed by atoms with Crippen LogP contribution in [0.3, 0.4) is 0 Å². The van der Waals surface area contributed by atoms with E-state index in [2.05, 4.69) is 10.3 Å². The Bertz CT molecular complexity index is 943. The topological polar surface area (TPSA) is 82.5 Å². The zero-order valence-corrected chi connectivity index (χ0v) is 18.1. The smallest absolute Gasteiger partial charge is 0.407 e. The third kappa shape index (κ3) is 5.41. The standard InChI is InChI=1S/C21H28ClN3O4/c1-21(2,3)29-20(27)24-14-7-5-13(6-8-14)12-28-19-15(22)11-23-16-9-10-17(26)25(4)18(16)19/h9-11,13-14H,5-8,12H2,1-4H3,(H,24,27). The average Bonchev–Trinajstić information content (AvgIpc) is 2.63. The Balaban J connectivity index is 1.59. The van der Waals surface area contributed by atoms with Crippen LogP contribution in [0.15, 0.2) is 23.1 Å². The molecule has 1 N–H and O–H groups in total. The number of ether oxygens (including phenoxy) is 2. The highest BCUT2D eigenvalue weighted by molar-refractivity contribution is 6.32. The second-order valence-corrected chi connectivity index (χ2v) is 8.98. The number of halogens is 1. The fraction of sp³-hybridized carbons (Fsp3) is 0.571. The third-order valence-corrected chi connectivity index (χ3v) is 5.34. The Morgan fingerprint density at radius 1 is 1.28 bits per heavy atom. The van der Waals surface area contributed by atoms with Gasteiger partial charge in [-0.2, -0.15) is 0 Å². The van der Waals surface area contributed by atoms with Crippen LogP contribution in [0.25, 0.3) is 11.0 Å². The molecule has 0 saturated heterocycles. The first-order valence-electron chi connectivity index (χ1n) is 9.90. The van der Waals surface area contributed by atoms with Gasteiger partial charge in [-0.05, 0) is 58.4 Å². The number of hydrogen-bond acceptors (Lipinski definition) is 5. The number of aromatic nitrogens is 2. The van der Waals surface area contributed by atoms with E-state index in [0.717, 1.165) is 25.7 Å². The molecule has 7 nitrogen and oxygen atoms in total. The van der Waals surface area contributed by atoms with Crippen molar-refractivity contribution >= 4 is 28.7 Å². The summed E-state index contributed by atoms with van der Waals surface area (Å²) < 4.78 is 12.9. The minimum Gasteiger partial charge on any atom is -0.489 e. The van der Waals surface area contributed by atoms with Gasteiger partial charge >= 0.3 is 6.09 Å². The maximum absolute atomic E-state index is 12.0. The van der Waals surface area contributed by atoms with E-state index < -0.39 is 5.60 Å². The minimum absolute atomic E-state index is 0.118. The van der Waals surface area contributed by atoms with Gasteiger partial charge in [0.1, 0.15) is 16.1 Å². The fourth-order valence-corrected chi connectivity index (χ4v) is 3.77. The fourth-order valence-electron chi connectivity index (χ4n) is 3.58. The van der Waals surface area contributed by atoms with Gasteiger partial charge in [-0.3, -0.25) is 9.78 Å². The van der Waals surface area contributed by atoms with E-state index >= 15 is 0 Å². The van der Waals surface area contributed by atoms with Crippen LogP contribution in [0, 0.1) is 5.92 Å². The molecule has 1 amide bonds. The van der Waals surface area contributed by atoms with Crippen molar-refractivity contribution in [3.63, 3.8) is 0 Å². The second-order valence-electron chi connectivity index (χ2n) is 8.57. The van der Waals surface area contributed by atoms with Gasteiger partial charge in [0.2, 0.25) is 0 Å².